The van der Waals surface area contributed by atoms with Gasteiger partial charge in [0.15, 0.2) is 0 Å². The van der Waals surface area contributed by atoms with E-state index in [9.17, 15) is 22.4 Å². The highest BCUT2D eigenvalue weighted by molar-refractivity contribution is 7.92. The number of hydrogen-bond acceptors (Lipinski definition) is 4. The molecular weight excluding hydrogens is 493 g/mol. The van der Waals surface area contributed by atoms with E-state index < -0.39 is 21.9 Å². The van der Waals surface area contributed by atoms with Gasteiger partial charge in [0.2, 0.25) is 21.8 Å². The molecule has 7 nitrogen and oxygen atoms in total. The molecular formula is C28H38FN3O4S. The van der Waals surface area contributed by atoms with Gasteiger partial charge in [-0.3, -0.25) is 13.9 Å². The molecule has 2 aromatic rings. The van der Waals surface area contributed by atoms with Crippen LogP contribution in [-0.4, -0.2) is 50.0 Å². The predicted molar refractivity (Wildman–Crippen MR) is 144 cm³/mol. The highest BCUT2D eigenvalue weighted by Crippen LogP contribution is 2.21. The molecule has 1 N–H and O–H groups in total. The molecule has 1 atom stereocenters. The topological polar surface area (TPSA) is 86.8 Å². The van der Waals surface area contributed by atoms with Gasteiger partial charge in [-0.05, 0) is 68.5 Å². The number of rotatable bonds is 11. The van der Waals surface area contributed by atoms with Crippen molar-refractivity contribution >= 4 is 27.5 Å². The third-order valence-electron chi connectivity index (χ3n) is 6.99. The Morgan fingerprint density at radius 3 is 2.32 bits per heavy atom. The second-order valence-electron chi connectivity index (χ2n) is 9.88. The smallest absolute Gasteiger partial charge is 0.242 e. The SMILES string of the molecule is Cc1ccccc1CN(C(=O)CCCN(c1ccc(F)cc1)S(C)(=O)=O)C(C)C(=O)NC1CCCCC1. The van der Waals surface area contributed by atoms with Gasteiger partial charge in [-0.1, -0.05) is 43.5 Å². The number of carbonyl (C=O) groups excluding carboxylic acids is 2. The summed E-state index contributed by atoms with van der Waals surface area (Å²) in [5.41, 5.74) is 2.32. The summed E-state index contributed by atoms with van der Waals surface area (Å²) in [6.07, 6.45) is 6.68. The number of halogens is 1. The van der Waals surface area contributed by atoms with E-state index in [1.54, 1.807) is 11.8 Å². The summed E-state index contributed by atoms with van der Waals surface area (Å²) >= 11 is 0. The highest BCUT2D eigenvalue weighted by atomic mass is 32.2. The summed E-state index contributed by atoms with van der Waals surface area (Å²) < 4.78 is 39.3. The van der Waals surface area contributed by atoms with Gasteiger partial charge in [0.25, 0.3) is 0 Å². The van der Waals surface area contributed by atoms with Crippen LogP contribution in [0.25, 0.3) is 0 Å². The van der Waals surface area contributed by atoms with Crippen molar-refractivity contribution in [3.05, 3.63) is 65.5 Å². The molecule has 0 heterocycles. The van der Waals surface area contributed by atoms with Crippen LogP contribution in [-0.2, 0) is 26.2 Å². The number of sulfonamides is 1. The van der Waals surface area contributed by atoms with Gasteiger partial charge in [-0.2, -0.15) is 0 Å². The molecule has 1 unspecified atom stereocenters. The molecule has 0 aliphatic heterocycles. The minimum Gasteiger partial charge on any atom is -0.352 e. The van der Waals surface area contributed by atoms with Crippen LogP contribution in [0.2, 0.25) is 0 Å². The maximum atomic E-state index is 13.4. The molecule has 1 aliphatic carbocycles. The third kappa shape index (κ3) is 8.28. The lowest BCUT2D eigenvalue weighted by atomic mass is 9.95. The van der Waals surface area contributed by atoms with Gasteiger partial charge in [0.1, 0.15) is 11.9 Å². The van der Waals surface area contributed by atoms with E-state index in [0.29, 0.717) is 12.2 Å². The van der Waals surface area contributed by atoms with Crippen molar-refractivity contribution in [1.82, 2.24) is 10.2 Å². The summed E-state index contributed by atoms with van der Waals surface area (Å²) in [6, 6.07) is 12.4. The highest BCUT2D eigenvalue weighted by Gasteiger charge is 2.28. The van der Waals surface area contributed by atoms with Crippen molar-refractivity contribution in [1.29, 1.82) is 0 Å². The molecule has 2 amide bonds. The first-order valence-electron chi connectivity index (χ1n) is 12.9. The second-order valence-corrected chi connectivity index (χ2v) is 11.8. The Kier molecular flexibility index (Phi) is 10.1. The molecule has 3 rings (SSSR count). The summed E-state index contributed by atoms with van der Waals surface area (Å²) in [5.74, 6) is -0.847. The minimum atomic E-state index is -3.63. The van der Waals surface area contributed by atoms with Crippen molar-refractivity contribution in [3.8, 4) is 0 Å². The number of benzene rings is 2. The zero-order valence-corrected chi connectivity index (χ0v) is 22.8. The van der Waals surface area contributed by atoms with E-state index in [0.717, 1.165) is 43.1 Å². The van der Waals surface area contributed by atoms with E-state index in [2.05, 4.69) is 5.32 Å². The Morgan fingerprint density at radius 2 is 1.70 bits per heavy atom. The lowest BCUT2D eigenvalue weighted by Crippen LogP contribution is -2.50. The molecule has 1 aliphatic rings. The number of amides is 2. The fourth-order valence-corrected chi connectivity index (χ4v) is 5.70. The Morgan fingerprint density at radius 1 is 1.05 bits per heavy atom. The molecule has 0 bridgehead atoms. The molecule has 202 valence electrons. The normalized spacial score (nSPS) is 15.1. The number of aryl methyl sites for hydroxylation is 1. The fourth-order valence-electron chi connectivity index (χ4n) is 4.73. The molecule has 1 fully saturated rings. The van der Waals surface area contributed by atoms with E-state index in [1.165, 1.54) is 35.0 Å². The molecule has 9 heteroatoms. The Balaban J connectivity index is 1.72. The first-order valence-corrected chi connectivity index (χ1v) is 14.8. The second kappa shape index (κ2) is 13.0. The molecule has 0 saturated heterocycles. The summed E-state index contributed by atoms with van der Waals surface area (Å²) in [4.78, 5) is 28.2. The first-order chi connectivity index (χ1) is 17.6. The maximum Gasteiger partial charge on any atom is 0.242 e. The van der Waals surface area contributed by atoms with Crippen LogP contribution in [0.5, 0.6) is 0 Å². The third-order valence-corrected chi connectivity index (χ3v) is 8.18. The van der Waals surface area contributed by atoms with Crippen molar-refractivity contribution in [2.24, 2.45) is 0 Å². The standard InChI is InChI=1S/C28H38FN3O4S/c1-21-10-7-8-11-23(21)20-31(22(2)28(34)30-25-12-5-4-6-13-25)27(33)14-9-19-32(37(3,35)36)26-17-15-24(29)16-18-26/h7-8,10-11,15-18,22,25H,4-6,9,12-14,19-20H2,1-3H3,(H,30,34). The van der Waals surface area contributed by atoms with Crippen LogP contribution in [0.15, 0.2) is 48.5 Å². The zero-order valence-electron chi connectivity index (χ0n) is 22.0. The lowest BCUT2D eigenvalue weighted by Gasteiger charge is -2.32. The average molecular weight is 532 g/mol. The monoisotopic (exact) mass is 531 g/mol. The maximum absolute atomic E-state index is 13.4. The number of carbonyl (C=O) groups is 2. The minimum absolute atomic E-state index is 0.0665. The molecule has 0 aromatic heterocycles. The quantitative estimate of drug-likeness (QED) is 0.461. The van der Waals surface area contributed by atoms with Crippen molar-refractivity contribution in [2.75, 3.05) is 17.1 Å². The van der Waals surface area contributed by atoms with Crippen LogP contribution in [0.4, 0.5) is 10.1 Å². The lowest BCUT2D eigenvalue weighted by molar-refractivity contribution is -0.141. The number of anilines is 1. The first kappa shape index (κ1) is 28.6. The molecule has 37 heavy (non-hydrogen) atoms. The fraction of sp³-hybridized carbons (Fsp3) is 0.500. The van der Waals surface area contributed by atoms with Gasteiger partial charge >= 0.3 is 0 Å². The summed E-state index contributed by atoms with van der Waals surface area (Å²) in [7, 11) is -3.63. The van der Waals surface area contributed by atoms with Gasteiger partial charge in [-0.15, -0.1) is 0 Å². The Hall–Kier alpha value is -2.94. The Labute approximate surface area is 220 Å². The Bertz CT molecular complexity index is 1160. The van der Waals surface area contributed by atoms with Crippen LogP contribution in [0.1, 0.15) is 63.0 Å². The van der Waals surface area contributed by atoms with Crippen molar-refractivity contribution in [3.63, 3.8) is 0 Å². The van der Waals surface area contributed by atoms with Crippen LogP contribution in [0.3, 0.4) is 0 Å². The van der Waals surface area contributed by atoms with E-state index in [-0.39, 0.29) is 37.2 Å². The zero-order chi connectivity index (χ0) is 27.0. The van der Waals surface area contributed by atoms with Gasteiger partial charge < -0.3 is 10.2 Å². The molecule has 0 radical (unpaired) electrons. The van der Waals surface area contributed by atoms with Crippen molar-refractivity contribution in [2.45, 2.75) is 77.4 Å². The van der Waals surface area contributed by atoms with Crippen LogP contribution < -0.4 is 9.62 Å². The number of nitrogens with one attached hydrogen (secondary N) is 1. The largest absolute Gasteiger partial charge is 0.352 e. The molecule has 0 spiro atoms. The van der Waals surface area contributed by atoms with Crippen LogP contribution >= 0.6 is 0 Å². The summed E-state index contributed by atoms with van der Waals surface area (Å²) in [5, 5.41) is 3.12. The van der Waals surface area contributed by atoms with Crippen LogP contribution in [0, 0.1) is 12.7 Å². The van der Waals surface area contributed by atoms with E-state index >= 15 is 0 Å². The molecule has 1 saturated carbocycles. The average Bonchev–Trinajstić information content (AvgIpc) is 2.86. The predicted octanol–water partition coefficient (Wildman–Crippen LogP) is 4.55. The molecule has 2 aromatic carbocycles. The number of hydrogen-bond donors (Lipinski definition) is 1. The van der Waals surface area contributed by atoms with Crippen molar-refractivity contribution < 1.29 is 22.4 Å². The van der Waals surface area contributed by atoms with Gasteiger partial charge in [0, 0.05) is 25.6 Å². The number of nitrogens with zero attached hydrogens (tertiary/aromatic N) is 2. The van der Waals surface area contributed by atoms with E-state index in [4.69, 9.17) is 0 Å². The van der Waals surface area contributed by atoms with Gasteiger partial charge in [0.05, 0.1) is 11.9 Å². The van der Waals surface area contributed by atoms with Gasteiger partial charge in [-0.25, -0.2) is 12.8 Å². The summed E-state index contributed by atoms with van der Waals surface area (Å²) in [6.45, 7) is 4.07. The van der Waals surface area contributed by atoms with E-state index in [1.807, 2.05) is 31.2 Å².